The van der Waals surface area contributed by atoms with Gasteiger partial charge in [0.15, 0.2) is 0 Å². The lowest BCUT2D eigenvalue weighted by Gasteiger charge is -2.35. The van der Waals surface area contributed by atoms with E-state index in [0.717, 1.165) is 12.4 Å². The zero-order valence-corrected chi connectivity index (χ0v) is 22.0. The van der Waals surface area contributed by atoms with E-state index >= 15 is 0 Å². The summed E-state index contributed by atoms with van der Waals surface area (Å²) in [6, 6.07) is 10.2. The van der Waals surface area contributed by atoms with Gasteiger partial charge in [-0.3, -0.25) is 4.90 Å². The number of anilines is 1. The van der Waals surface area contributed by atoms with Crippen LogP contribution in [-0.2, 0) is 16.2 Å². The number of rotatable bonds is 7. The van der Waals surface area contributed by atoms with Crippen LogP contribution in [0.25, 0.3) is 22.3 Å². The van der Waals surface area contributed by atoms with Gasteiger partial charge in [-0.1, -0.05) is 23.4 Å². The first-order valence-electron chi connectivity index (χ1n) is 12.2. The Balaban J connectivity index is 1.22. The molecule has 4 aromatic rings. The predicted molar refractivity (Wildman–Crippen MR) is 137 cm³/mol. The standard InChI is InChI=1S/C25H26F3N7O3S/c1-16(31-24-20-7-4-8-21(25(26,27)28)22(20)29-15-30-24)14-34-9-11-35(12-10-34)39(36,37)19-6-3-5-18(13-19)23-32-17(2)38-33-23/h3-8,13,15-16H,9-12,14H2,1-2H3,(H,29,30,31)/t16-/m0/s1. The van der Waals surface area contributed by atoms with Crippen molar-refractivity contribution in [2.45, 2.75) is 31.0 Å². The van der Waals surface area contributed by atoms with Gasteiger partial charge in [0.2, 0.25) is 21.7 Å². The molecule has 2 aromatic heterocycles. The van der Waals surface area contributed by atoms with Crippen LogP contribution in [0.5, 0.6) is 0 Å². The van der Waals surface area contributed by atoms with Crippen LogP contribution in [0.1, 0.15) is 18.4 Å². The molecule has 10 nitrogen and oxygen atoms in total. The van der Waals surface area contributed by atoms with Gasteiger partial charge in [0, 0.05) is 56.6 Å². The highest BCUT2D eigenvalue weighted by atomic mass is 32.2. The SMILES string of the molecule is Cc1nc(-c2cccc(S(=O)(=O)N3CCN(C[C@H](C)Nc4ncnc5c(C(F)(F)F)cccc45)CC3)c2)no1. The van der Waals surface area contributed by atoms with Crippen molar-refractivity contribution in [1.82, 2.24) is 29.3 Å². The number of hydrogen-bond acceptors (Lipinski definition) is 9. The van der Waals surface area contributed by atoms with Gasteiger partial charge in [0.05, 0.1) is 16.0 Å². The number of aromatic nitrogens is 4. The topological polar surface area (TPSA) is 117 Å². The molecular weight excluding hydrogens is 535 g/mol. The number of nitrogens with zero attached hydrogens (tertiary/aromatic N) is 6. The number of halogens is 3. The van der Waals surface area contributed by atoms with E-state index in [1.807, 2.05) is 6.92 Å². The summed E-state index contributed by atoms with van der Waals surface area (Å²) in [6.45, 7) is 5.70. The summed E-state index contributed by atoms with van der Waals surface area (Å²) in [5, 5.41) is 7.33. The van der Waals surface area contributed by atoms with E-state index in [2.05, 4.69) is 30.3 Å². The first-order chi connectivity index (χ1) is 18.5. The van der Waals surface area contributed by atoms with Crippen molar-refractivity contribution < 1.29 is 26.1 Å². The van der Waals surface area contributed by atoms with Crippen molar-refractivity contribution in [2.75, 3.05) is 38.0 Å². The highest BCUT2D eigenvalue weighted by molar-refractivity contribution is 7.89. The van der Waals surface area contributed by atoms with E-state index in [1.165, 1.54) is 16.4 Å². The van der Waals surface area contributed by atoms with E-state index in [0.29, 0.717) is 55.8 Å². The Morgan fingerprint density at radius 2 is 1.82 bits per heavy atom. The van der Waals surface area contributed by atoms with Crippen molar-refractivity contribution >= 4 is 26.7 Å². The van der Waals surface area contributed by atoms with Gasteiger partial charge in [0.25, 0.3) is 0 Å². The second-order valence-electron chi connectivity index (χ2n) is 9.34. The minimum atomic E-state index is -4.52. The van der Waals surface area contributed by atoms with E-state index in [9.17, 15) is 21.6 Å². The average Bonchev–Trinajstić information content (AvgIpc) is 3.34. The fourth-order valence-corrected chi connectivity index (χ4v) is 6.08. The summed E-state index contributed by atoms with van der Waals surface area (Å²) in [6.07, 6.45) is -3.41. The van der Waals surface area contributed by atoms with Crippen LogP contribution in [0.15, 0.2) is 58.2 Å². The van der Waals surface area contributed by atoms with Crippen molar-refractivity contribution in [3.05, 3.63) is 60.2 Å². The van der Waals surface area contributed by atoms with E-state index in [1.54, 1.807) is 31.2 Å². The molecule has 5 rings (SSSR count). The molecule has 0 saturated carbocycles. The van der Waals surface area contributed by atoms with Crippen molar-refractivity contribution in [3.8, 4) is 11.4 Å². The van der Waals surface area contributed by atoms with Gasteiger partial charge in [-0.05, 0) is 31.2 Å². The van der Waals surface area contributed by atoms with E-state index in [-0.39, 0.29) is 21.8 Å². The van der Waals surface area contributed by atoms with Crippen LogP contribution in [-0.4, -0.2) is 76.5 Å². The fraction of sp³-hybridized carbons (Fsp3) is 0.360. The summed E-state index contributed by atoms with van der Waals surface area (Å²) >= 11 is 0. The number of para-hydroxylation sites is 1. The summed E-state index contributed by atoms with van der Waals surface area (Å²) < 4.78 is 73.3. The third kappa shape index (κ3) is 5.72. The van der Waals surface area contributed by atoms with Crippen molar-refractivity contribution in [3.63, 3.8) is 0 Å². The molecule has 39 heavy (non-hydrogen) atoms. The van der Waals surface area contributed by atoms with E-state index < -0.39 is 21.8 Å². The van der Waals surface area contributed by atoms with Gasteiger partial charge < -0.3 is 9.84 Å². The second kappa shape index (κ2) is 10.5. The van der Waals surface area contributed by atoms with Gasteiger partial charge in [-0.2, -0.15) is 22.5 Å². The van der Waals surface area contributed by atoms with Gasteiger partial charge in [-0.15, -0.1) is 0 Å². The Kier molecular flexibility index (Phi) is 7.27. The minimum Gasteiger partial charge on any atom is -0.366 e. The molecule has 3 heterocycles. The molecule has 1 N–H and O–H groups in total. The Labute approximate surface area is 222 Å². The van der Waals surface area contributed by atoms with Crippen LogP contribution in [0.4, 0.5) is 19.0 Å². The average molecular weight is 562 g/mol. The van der Waals surface area contributed by atoms with Gasteiger partial charge in [-0.25, -0.2) is 18.4 Å². The summed E-state index contributed by atoms with van der Waals surface area (Å²) in [5.74, 6) is 1.02. The predicted octanol–water partition coefficient (Wildman–Crippen LogP) is 3.81. The lowest BCUT2D eigenvalue weighted by atomic mass is 10.1. The molecule has 206 valence electrons. The Hall–Kier alpha value is -3.62. The number of nitrogens with one attached hydrogen (secondary N) is 1. The molecule has 1 aliphatic heterocycles. The molecule has 0 amide bonds. The molecule has 0 unspecified atom stereocenters. The third-order valence-corrected chi connectivity index (χ3v) is 8.37. The van der Waals surface area contributed by atoms with Crippen LogP contribution < -0.4 is 5.32 Å². The first-order valence-corrected chi connectivity index (χ1v) is 13.7. The largest absolute Gasteiger partial charge is 0.418 e. The molecule has 0 bridgehead atoms. The lowest BCUT2D eigenvalue weighted by molar-refractivity contribution is -0.136. The highest BCUT2D eigenvalue weighted by Gasteiger charge is 2.34. The van der Waals surface area contributed by atoms with Gasteiger partial charge >= 0.3 is 6.18 Å². The maximum absolute atomic E-state index is 13.4. The van der Waals surface area contributed by atoms with Crippen LogP contribution in [0.3, 0.4) is 0 Å². The molecule has 1 saturated heterocycles. The molecule has 0 spiro atoms. The fourth-order valence-electron chi connectivity index (χ4n) is 4.61. The normalized spacial score (nSPS) is 16.4. The smallest absolute Gasteiger partial charge is 0.366 e. The molecular formula is C25H26F3N7O3S. The number of alkyl halides is 3. The first kappa shape index (κ1) is 27.0. The van der Waals surface area contributed by atoms with E-state index in [4.69, 9.17) is 4.52 Å². The molecule has 14 heteroatoms. The molecule has 2 aromatic carbocycles. The summed E-state index contributed by atoms with van der Waals surface area (Å²) in [4.78, 5) is 14.4. The quantitative estimate of drug-likeness (QED) is 0.359. The lowest BCUT2D eigenvalue weighted by Crippen LogP contribution is -2.50. The monoisotopic (exact) mass is 561 g/mol. The number of fused-ring (bicyclic) bond motifs is 1. The zero-order chi connectivity index (χ0) is 27.8. The Morgan fingerprint density at radius 1 is 1.08 bits per heavy atom. The third-order valence-electron chi connectivity index (χ3n) is 6.47. The molecule has 0 aliphatic carbocycles. The Morgan fingerprint density at radius 3 is 2.51 bits per heavy atom. The second-order valence-corrected chi connectivity index (χ2v) is 11.3. The van der Waals surface area contributed by atoms with Crippen LogP contribution in [0, 0.1) is 6.92 Å². The molecule has 1 atom stereocenters. The van der Waals surface area contributed by atoms with Gasteiger partial charge in [0.1, 0.15) is 12.1 Å². The molecule has 1 aliphatic rings. The maximum atomic E-state index is 13.4. The van der Waals surface area contributed by atoms with Crippen molar-refractivity contribution in [2.24, 2.45) is 0 Å². The minimum absolute atomic E-state index is 0.153. The van der Waals surface area contributed by atoms with Crippen molar-refractivity contribution in [1.29, 1.82) is 0 Å². The zero-order valence-electron chi connectivity index (χ0n) is 21.2. The van der Waals surface area contributed by atoms with Crippen LogP contribution >= 0.6 is 0 Å². The molecule has 1 fully saturated rings. The highest BCUT2D eigenvalue weighted by Crippen LogP contribution is 2.35. The number of sulfonamides is 1. The Bertz CT molecular complexity index is 1590. The number of benzene rings is 2. The number of piperazine rings is 1. The number of hydrogen-bond donors (Lipinski definition) is 1. The molecule has 0 radical (unpaired) electrons. The van der Waals surface area contributed by atoms with Crippen LogP contribution in [0.2, 0.25) is 0 Å². The maximum Gasteiger partial charge on any atom is 0.418 e. The summed E-state index contributed by atoms with van der Waals surface area (Å²) in [5.41, 5.74) is -0.425. The summed E-state index contributed by atoms with van der Waals surface area (Å²) in [7, 11) is -3.73. The number of aryl methyl sites for hydroxylation is 1.